The molecule has 0 aliphatic rings. The summed E-state index contributed by atoms with van der Waals surface area (Å²) in [7, 11) is 1.65. The van der Waals surface area contributed by atoms with E-state index in [0.29, 0.717) is 11.7 Å². The first-order valence-corrected chi connectivity index (χ1v) is 7.64. The van der Waals surface area contributed by atoms with Crippen LogP contribution in [-0.2, 0) is 11.8 Å². The van der Waals surface area contributed by atoms with Gasteiger partial charge in [0.15, 0.2) is 11.5 Å². The van der Waals surface area contributed by atoms with Crippen molar-refractivity contribution in [1.29, 1.82) is 0 Å². The predicted molar refractivity (Wildman–Crippen MR) is 85.9 cm³/mol. The molecule has 0 amide bonds. The highest BCUT2D eigenvalue weighted by Gasteiger charge is 2.30. The Hall–Kier alpha value is -1.18. The van der Waals surface area contributed by atoms with Gasteiger partial charge < -0.3 is 9.84 Å². The molecule has 1 N–H and O–H groups in total. The highest BCUT2D eigenvalue weighted by molar-refractivity contribution is 5.56. The van der Waals surface area contributed by atoms with Gasteiger partial charge in [0.2, 0.25) is 0 Å². The van der Waals surface area contributed by atoms with Crippen molar-refractivity contribution in [3.05, 3.63) is 22.8 Å². The van der Waals surface area contributed by atoms with Crippen molar-refractivity contribution in [1.82, 2.24) is 0 Å². The van der Waals surface area contributed by atoms with Crippen molar-refractivity contribution in [3.63, 3.8) is 0 Å². The Morgan fingerprint density at radius 1 is 1.30 bits per heavy atom. The molecule has 0 heterocycles. The molecule has 1 aromatic rings. The zero-order valence-electron chi connectivity index (χ0n) is 14.1. The zero-order chi connectivity index (χ0) is 15.5. The summed E-state index contributed by atoms with van der Waals surface area (Å²) < 4.78 is 5.54. The molecule has 0 spiro atoms. The number of hydrogen-bond acceptors (Lipinski definition) is 2. The van der Waals surface area contributed by atoms with E-state index in [1.807, 2.05) is 6.07 Å². The van der Waals surface area contributed by atoms with E-state index in [9.17, 15) is 5.11 Å². The van der Waals surface area contributed by atoms with Crippen molar-refractivity contribution in [2.75, 3.05) is 7.11 Å². The summed E-state index contributed by atoms with van der Waals surface area (Å²) in [6.07, 6.45) is 3.22. The highest BCUT2D eigenvalue weighted by Crippen LogP contribution is 2.44. The van der Waals surface area contributed by atoms with Crippen LogP contribution in [-0.4, -0.2) is 12.2 Å². The molecule has 0 bridgehead atoms. The maximum atomic E-state index is 10.2. The van der Waals surface area contributed by atoms with Gasteiger partial charge in [0.25, 0.3) is 0 Å². The number of ether oxygens (including phenoxy) is 1. The molecule has 2 heteroatoms. The molecule has 0 unspecified atom stereocenters. The number of aryl methyl sites for hydroxylation is 1. The average molecular weight is 278 g/mol. The summed E-state index contributed by atoms with van der Waals surface area (Å²) in [4.78, 5) is 0. The second-order valence-corrected chi connectivity index (χ2v) is 6.83. The number of phenolic OH excluding ortho intramolecular Hbond substituents is 1. The fourth-order valence-electron chi connectivity index (χ4n) is 3.16. The normalized spacial score (nSPS) is 12.0. The van der Waals surface area contributed by atoms with E-state index in [1.165, 1.54) is 11.1 Å². The lowest BCUT2D eigenvalue weighted by Gasteiger charge is -2.31. The van der Waals surface area contributed by atoms with Crippen LogP contribution in [0.15, 0.2) is 6.07 Å². The van der Waals surface area contributed by atoms with E-state index in [-0.39, 0.29) is 11.2 Å². The first kappa shape index (κ1) is 16.9. The molecule has 0 aliphatic carbocycles. The second-order valence-electron chi connectivity index (χ2n) is 6.83. The van der Waals surface area contributed by atoms with Gasteiger partial charge in [-0.1, -0.05) is 41.0 Å². The summed E-state index contributed by atoms with van der Waals surface area (Å²) in [5.41, 5.74) is 3.70. The van der Waals surface area contributed by atoms with Gasteiger partial charge in [-0.3, -0.25) is 0 Å². The number of aromatic hydroxyl groups is 1. The summed E-state index contributed by atoms with van der Waals surface area (Å²) >= 11 is 0. The Bertz CT molecular complexity index is 459. The van der Waals surface area contributed by atoms with E-state index in [1.54, 1.807) is 7.11 Å². The Morgan fingerprint density at radius 3 is 2.35 bits per heavy atom. The Kier molecular flexibility index (Phi) is 5.50. The SMILES string of the molecule is CCCC(C)(C)c1c(CC(C)C)c(C)cc(O)c1OC. The van der Waals surface area contributed by atoms with E-state index in [4.69, 9.17) is 4.74 Å². The number of methoxy groups -OCH3 is 1. The van der Waals surface area contributed by atoms with Crippen LogP contribution in [0.5, 0.6) is 11.5 Å². The fraction of sp³-hybridized carbons (Fsp3) is 0.667. The number of benzene rings is 1. The summed E-state index contributed by atoms with van der Waals surface area (Å²) in [5.74, 6) is 1.50. The third-order valence-corrected chi connectivity index (χ3v) is 3.96. The minimum absolute atomic E-state index is 0.00775. The molecule has 1 rings (SSSR count). The maximum Gasteiger partial charge on any atom is 0.164 e. The van der Waals surface area contributed by atoms with E-state index < -0.39 is 0 Å². The van der Waals surface area contributed by atoms with Gasteiger partial charge in [-0.2, -0.15) is 0 Å². The Labute approximate surface area is 124 Å². The number of hydrogen-bond donors (Lipinski definition) is 1. The van der Waals surface area contributed by atoms with Gasteiger partial charge in [-0.25, -0.2) is 0 Å². The van der Waals surface area contributed by atoms with Gasteiger partial charge in [-0.05, 0) is 48.3 Å². The van der Waals surface area contributed by atoms with E-state index >= 15 is 0 Å². The van der Waals surface area contributed by atoms with Crippen LogP contribution in [0, 0.1) is 12.8 Å². The van der Waals surface area contributed by atoms with Crippen molar-refractivity contribution in [3.8, 4) is 11.5 Å². The maximum absolute atomic E-state index is 10.2. The second kappa shape index (κ2) is 6.51. The van der Waals surface area contributed by atoms with Crippen LogP contribution in [0.2, 0.25) is 0 Å². The van der Waals surface area contributed by atoms with Crippen LogP contribution in [0.4, 0.5) is 0 Å². The lowest BCUT2D eigenvalue weighted by Crippen LogP contribution is -2.22. The lowest BCUT2D eigenvalue weighted by atomic mass is 9.75. The van der Waals surface area contributed by atoms with Crippen LogP contribution in [0.25, 0.3) is 0 Å². The third-order valence-electron chi connectivity index (χ3n) is 3.96. The zero-order valence-corrected chi connectivity index (χ0v) is 14.1. The highest BCUT2D eigenvalue weighted by atomic mass is 16.5. The largest absolute Gasteiger partial charge is 0.504 e. The van der Waals surface area contributed by atoms with Crippen molar-refractivity contribution in [2.24, 2.45) is 5.92 Å². The molecule has 1 aromatic carbocycles. The summed E-state index contributed by atoms with van der Waals surface area (Å²) in [6.45, 7) is 13.2. The smallest absolute Gasteiger partial charge is 0.164 e. The topological polar surface area (TPSA) is 29.5 Å². The molecular formula is C18H30O2. The van der Waals surface area contributed by atoms with Crippen LogP contribution in [0.1, 0.15) is 64.2 Å². The van der Waals surface area contributed by atoms with Crippen LogP contribution in [0.3, 0.4) is 0 Å². The molecule has 2 nitrogen and oxygen atoms in total. The van der Waals surface area contributed by atoms with Gasteiger partial charge in [-0.15, -0.1) is 0 Å². The predicted octanol–water partition coefficient (Wildman–Crippen LogP) is 4.99. The first-order valence-electron chi connectivity index (χ1n) is 7.64. The molecule has 20 heavy (non-hydrogen) atoms. The minimum Gasteiger partial charge on any atom is -0.504 e. The molecule has 114 valence electrons. The van der Waals surface area contributed by atoms with Crippen molar-refractivity contribution < 1.29 is 9.84 Å². The van der Waals surface area contributed by atoms with Gasteiger partial charge in [0.05, 0.1) is 7.11 Å². The molecule has 0 atom stereocenters. The van der Waals surface area contributed by atoms with Crippen molar-refractivity contribution >= 4 is 0 Å². The summed E-state index contributed by atoms with van der Waals surface area (Å²) in [5, 5.41) is 10.2. The Morgan fingerprint density at radius 2 is 1.90 bits per heavy atom. The molecule has 0 aliphatic heterocycles. The molecule has 0 aromatic heterocycles. The quantitative estimate of drug-likeness (QED) is 0.794. The van der Waals surface area contributed by atoms with Gasteiger partial charge in [0, 0.05) is 5.56 Å². The molecule has 0 saturated heterocycles. The molecule has 0 saturated carbocycles. The monoisotopic (exact) mass is 278 g/mol. The number of phenols is 1. The standard InChI is InChI=1S/C18H30O2/c1-8-9-18(5,6)16-14(10-12(2)3)13(4)11-15(19)17(16)20-7/h11-12,19H,8-10H2,1-7H3. The van der Waals surface area contributed by atoms with Gasteiger partial charge in [0.1, 0.15) is 0 Å². The molecule has 0 fully saturated rings. The Balaban J connectivity index is 3.56. The number of rotatable bonds is 6. The first-order chi connectivity index (χ1) is 9.24. The van der Waals surface area contributed by atoms with Crippen LogP contribution >= 0.6 is 0 Å². The van der Waals surface area contributed by atoms with Crippen LogP contribution < -0.4 is 4.74 Å². The van der Waals surface area contributed by atoms with E-state index in [0.717, 1.165) is 24.8 Å². The molecular weight excluding hydrogens is 248 g/mol. The lowest BCUT2D eigenvalue weighted by molar-refractivity contribution is 0.349. The minimum atomic E-state index is 0.00775. The fourth-order valence-corrected chi connectivity index (χ4v) is 3.16. The van der Waals surface area contributed by atoms with Gasteiger partial charge >= 0.3 is 0 Å². The molecule has 0 radical (unpaired) electrons. The average Bonchev–Trinajstić information content (AvgIpc) is 2.31. The summed E-state index contributed by atoms with van der Waals surface area (Å²) in [6, 6.07) is 1.84. The third kappa shape index (κ3) is 3.47. The van der Waals surface area contributed by atoms with Crippen molar-refractivity contribution in [2.45, 2.75) is 66.2 Å². The van der Waals surface area contributed by atoms with E-state index in [2.05, 4.69) is 41.5 Å².